The first-order valence-corrected chi connectivity index (χ1v) is 8.32. The van der Waals surface area contributed by atoms with Crippen LogP contribution in [-0.4, -0.2) is 19.7 Å². The van der Waals surface area contributed by atoms with Crippen LogP contribution in [0, 0.1) is 0 Å². The quantitative estimate of drug-likeness (QED) is 0.607. The topological polar surface area (TPSA) is 55.6 Å². The maximum atomic E-state index is 4.42. The fourth-order valence-electron chi connectivity index (χ4n) is 2.99. The molecular formula is C20H19N5. The van der Waals surface area contributed by atoms with E-state index in [1.165, 1.54) is 16.5 Å². The number of nitrogens with zero attached hydrogens (tertiary/aromatic N) is 4. The van der Waals surface area contributed by atoms with Crippen molar-refractivity contribution in [3.63, 3.8) is 0 Å². The molecule has 1 atom stereocenters. The van der Waals surface area contributed by atoms with Gasteiger partial charge in [0.25, 0.3) is 0 Å². The van der Waals surface area contributed by atoms with Gasteiger partial charge in [-0.15, -0.1) is 10.2 Å². The highest BCUT2D eigenvalue weighted by Gasteiger charge is 2.08. The average Bonchev–Trinajstić information content (AvgIpc) is 3.21. The standard InChI is InChI=1S/C20H19N5/c1-15(16-5-2-7-18(11-16)25-13-23-24-14-25)22-12-17-6-3-9-20-19(17)8-4-10-21-20/h2-11,13-15,22H,12H2,1H3. The summed E-state index contributed by atoms with van der Waals surface area (Å²) in [5.41, 5.74) is 4.58. The number of hydrogen-bond donors (Lipinski definition) is 1. The Bertz CT molecular complexity index is 973. The van der Waals surface area contributed by atoms with Gasteiger partial charge in [0.2, 0.25) is 0 Å². The Morgan fingerprint density at radius 3 is 2.72 bits per heavy atom. The number of aromatic nitrogens is 4. The van der Waals surface area contributed by atoms with E-state index < -0.39 is 0 Å². The monoisotopic (exact) mass is 329 g/mol. The molecule has 1 unspecified atom stereocenters. The molecule has 0 saturated carbocycles. The zero-order valence-electron chi connectivity index (χ0n) is 14.0. The van der Waals surface area contributed by atoms with Gasteiger partial charge in [0.15, 0.2) is 0 Å². The predicted octanol–water partition coefficient (Wildman–Crippen LogP) is 3.67. The summed E-state index contributed by atoms with van der Waals surface area (Å²) in [6.07, 6.45) is 5.25. The van der Waals surface area contributed by atoms with E-state index >= 15 is 0 Å². The second kappa shape index (κ2) is 6.83. The van der Waals surface area contributed by atoms with E-state index in [0.717, 1.165) is 17.7 Å². The molecule has 0 spiro atoms. The lowest BCUT2D eigenvalue weighted by Crippen LogP contribution is -2.18. The number of benzene rings is 2. The van der Waals surface area contributed by atoms with Crippen molar-refractivity contribution in [1.82, 2.24) is 25.1 Å². The number of rotatable bonds is 5. The Morgan fingerprint density at radius 2 is 1.84 bits per heavy atom. The minimum absolute atomic E-state index is 0.225. The minimum atomic E-state index is 0.225. The maximum Gasteiger partial charge on any atom is 0.123 e. The normalized spacial score (nSPS) is 12.4. The number of fused-ring (bicyclic) bond motifs is 1. The summed E-state index contributed by atoms with van der Waals surface area (Å²) in [5.74, 6) is 0. The van der Waals surface area contributed by atoms with Gasteiger partial charge in [-0.05, 0) is 42.3 Å². The van der Waals surface area contributed by atoms with Gasteiger partial charge in [-0.2, -0.15) is 0 Å². The van der Waals surface area contributed by atoms with Crippen LogP contribution in [-0.2, 0) is 6.54 Å². The molecule has 4 rings (SSSR count). The van der Waals surface area contributed by atoms with E-state index in [-0.39, 0.29) is 6.04 Å². The molecule has 0 aliphatic rings. The van der Waals surface area contributed by atoms with E-state index in [0.29, 0.717) is 0 Å². The molecule has 25 heavy (non-hydrogen) atoms. The van der Waals surface area contributed by atoms with Crippen LogP contribution < -0.4 is 5.32 Å². The fraction of sp³-hybridized carbons (Fsp3) is 0.150. The zero-order chi connectivity index (χ0) is 17.1. The van der Waals surface area contributed by atoms with Crippen molar-refractivity contribution >= 4 is 10.9 Å². The first-order valence-electron chi connectivity index (χ1n) is 8.32. The largest absolute Gasteiger partial charge is 0.306 e. The third kappa shape index (κ3) is 3.27. The number of hydrogen-bond acceptors (Lipinski definition) is 4. The molecule has 2 aromatic carbocycles. The fourth-order valence-corrected chi connectivity index (χ4v) is 2.99. The number of nitrogens with one attached hydrogen (secondary N) is 1. The van der Waals surface area contributed by atoms with E-state index in [2.05, 4.69) is 69.9 Å². The molecule has 2 heterocycles. The van der Waals surface area contributed by atoms with Crippen molar-refractivity contribution in [3.8, 4) is 5.69 Å². The molecule has 1 N–H and O–H groups in total. The van der Waals surface area contributed by atoms with Crippen LogP contribution in [0.3, 0.4) is 0 Å². The molecule has 0 saturated heterocycles. The van der Waals surface area contributed by atoms with E-state index in [9.17, 15) is 0 Å². The molecule has 4 aromatic rings. The molecule has 5 heteroatoms. The Hall–Kier alpha value is -3.05. The first kappa shape index (κ1) is 15.5. The zero-order valence-corrected chi connectivity index (χ0v) is 14.0. The van der Waals surface area contributed by atoms with Gasteiger partial charge in [0.1, 0.15) is 12.7 Å². The van der Waals surface area contributed by atoms with Gasteiger partial charge in [-0.25, -0.2) is 0 Å². The van der Waals surface area contributed by atoms with Gasteiger partial charge in [-0.1, -0.05) is 30.3 Å². The van der Waals surface area contributed by atoms with Crippen molar-refractivity contribution in [1.29, 1.82) is 0 Å². The summed E-state index contributed by atoms with van der Waals surface area (Å²) in [6.45, 7) is 2.97. The summed E-state index contributed by atoms with van der Waals surface area (Å²) in [5, 5.41) is 12.5. The third-order valence-corrected chi connectivity index (χ3v) is 4.42. The van der Waals surface area contributed by atoms with Gasteiger partial charge in [0.05, 0.1) is 5.52 Å². The summed E-state index contributed by atoms with van der Waals surface area (Å²) in [6, 6.07) is 19.0. The molecule has 5 nitrogen and oxygen atoms in total. The lowest BCUT2D eigenvalue weighted by Gasteiger charge is -2.16. The van der Waals surface area contributed by atoms with Crippen LogP contribution in [0.4, 0.5) is 0 Å². The van der Waals surface area contributed by atoms with Crippen LogP contribution in [0.1, 0.15) is 24.1 Å². The van der Waals surface area contributed by atoms with Crippen molar-refractivity contribution in [2.24, 2.45) is 0 Å². The SMILES string of the molecule is CC(NCc1cccc2ncccc12)c1cccc(-n2cnnc2)c1. The third-order valence-electron chi connectivity index (χ3n) is 4.42. The van der Waals surface area contributed by atoms with Crippen molar-refractivity contribution < 1.29 is 0 Å². The highest BCUT2D eigenvalue weighted by Crippen LogP contribution is 2.20. The summed E-state index contributed by atoms with van der Waals surface area (Å²) >= 11 is 0. The molecule has 0 aliphatic carbocycles. The minimum Gasteiger partial charge on any atom is -0.306 e. The van der Waals surface area contributed by atoms with Crippen molar-refractivity contribution in [2.45, 2.75) is 19.5 Å². The molecule has 0 radical (unpaired) electrons. The second-order valence-electron chi connectivity index (χ2n) is 6.05. The average molecular weight is 329 g/mol. The molecule has 0 aliphatic heterocycles. The molecular weight excluding hydrogens is 310 g/mol. The predicted molar refractivity (Wildman–Crippen MR) is 98.4 cm³/mol. The van der Waals surface area contributed by atoms with E-state index in [4.69, 9.17) is 0 Å². The lowest BCUT2D eigenvalue weighted by atomic mass is 10.1. The van der Waals surface area contributed by atoms with Crippen LogP contribution in [0.25, 0.3) is 16.6 Å². The summed E-state index contributed by atoms with van der Waals surface area (Å²) in [4.78, 5) is 4.42. The molecule has 124 valence electrons. The van der Waals surface area contributed by atoms with Crippen molar-refractivity contribution in [2.75, 3.05) is 0 Å². The van der Waals surface area contributed by atoms with E-state index in [1.54, 1.807) is 12.7 Å². The Morgan fingerprint density at radius 1 is 1.00 bits per heavy atom. The van der Waals surface area contributed by atoms with Gasteiger partial charge in [-0.3, -0.25) is 9.55 Å². The van der Waals surface area contributed by atoms with E-state index in [1.807, 2.05) is 22.9 Å². The lowest BCUT2D eigenvalue weighted by molar-refractivity contribution is 0.576. The van der Waals surface area contributed by atoms with Gasteiger partial charge < -0.3 is 5.32 Å². The Labute approximate surface area is 146 Å². The second-order valence-corrected chi connectivity index (χ2v) is 6.05. The summed E-state index contributed by atoms with van der Waals surface area (Å²) < 4.78 is 1.91. The first-order chi connectivity index (χ1) is 12.3. The van der Waals surface area contributed by atoms with Crippen LogP contribution in [0.5, 0.6) is 0 Å². The van der Waals surface area contributed by atoms with Gasteiger partial charge in [0, 0.05) is 29.9 Å². The van der Waals surface area contributed by atoms with Crippen LogP contribution >= 0.6 is 0 Å². The van der Waals surface area contributed by atoms with Crippen molar-refractivity contribution in [3.05, 3.63) is 84.6 Å². The Kier molecular flexibility index (Phi) is 4.23. The highest BCUT2D eigenvalue weighted by molar-refractivity contribution is 5.81. The molecule has 0 bridgehead atoms. The maximum absolute atomic E-state index is 4.42. The molecule has 0 fully saturated rings. The highest BCUT2D eigenvalue weighted by atomic mass is 15.2. The van der Waals surface area contributed by atoms with Gasteiger partial charge >= 0.3 is 0 Å². The smallest absolute Gasteiger partial charge is 0.123 e. The summed E-state index contributed by atoms with van der Waals surface area (Å²) in [7, 11) is 0. The van der Waals surface area contributed by atoms with Crippen LogP contribution in [0.15, 0.2) is 73.4 Å². The molecule has 0 amide bonds. The molecule has 2 aromatic heterocycles. The Balaban J connectivity index is 1.52. The van der Waals surface area contributed by atoms with Crippen LogP contribution in [0.2, 0.25) is 0 Å². The number of pyridine rings is 1.